The van der Waals surface area contributed by atoms with Crippen LogP contribution in [0.1, 0.15) is 11.4 Å². The minimum Gasteiger partial charge on any atom is -0.507 e. The Balaban J connectivity index is 1.40. The Kier molecular flexibility index (Phi) is 7.15. The zero-order chi connectivity index (χ0) is 23.2. The molecule has 4 rings (SSSR count). The number of para-hydroxylation sites is 1. The zero-order valence-electron chi connectivity index (χ0n) is 17.3. The quantitative estimate of drug-likeness (QED) is 0.149. The van der Waals surface area contributed by atoms with E-state index < -0.39 is 0 Å². The third-order valence-electron chi connectivity index (χ3n) is 4.53. The molecular weight excluding hydrogens is 508 g/mol. The van der Waals surface area contributed by atoms with Gasteiger partial charge in [-0.05, 0) is 30.3 Å². The maximum Gasteiger partial charge on any atom is 0.250 e. The van der Waals surface area contributed by atoms with Gasteiger partial charge in [-0.15, -0.1) is 21.9 Å². The molecule has 0 radical (unpaired) electrons. The van der Waals surface area contributed by atoms with Crippen molar-refractivity contribution in [3.05, 3.63) is 71.0 Å². The van der Waals surface area contributed by atoms with Gasteiger partial charge < -0.3 is 9.67 Å². The largest absolute Gasteiger partial charge is 0.507 e. The number of amides is 1. The van der Waals surface area contributed by atoms with Crippen molar-refractivity contribution in [2.75, 3.05) is 5.75 Å². The number of hydrazone groups is 1. The Hall–Kier alpha value is -3.51. The number of nitrogens with zero attached hydrogens (tertiary/aromatic N) is 7. The van der Waals surface area contributed by atoms with Crippen LogP contribution in [0.15, 0.2) is 69.9 Å². The first-order chi connectivity index (χ1) is 16.0. The molecular formula is C21H19BrN8O2S. The lowest BCUT2D eigenvalue weighted by Crippen LogP contribution is -2.20. The fourth-order valence-electron chi connectivity index (χ4n) is 2.99. The molecule has 0 aliphatic heterocycles. The monoisotopic (exact) mass is 526 g/mol. The average Bonchev–Trinajstić information content (AvgIpc) is 3.39. The number of aromatic hydroxyl groups is 1. The Labute approximate surface area is 201 Å². The van der Waals surface area contributed by atoms with Crippen LogP contribution in [-0.2, 0) is 17.9 Å². The highest BCUT2D eigenvalue weighted by Crippen LogP contribution is 2.20. The van der Waals surface area contributed by atoms with Gasteiger partial charge in [0.25, 0.3) is 5.91 Å². The third-order valence-corrected chi connectivity index (χ3v) is 5.99. The summed E-state index contributed by atoms with van der Waals surface area (Å²) in [5, 5.41) is 31.2. The molecule has 2 aromatic carbocycles. The number of nitrogens with one attached hydrogen (secondary N) is 1. The first kappa shape index (κ1) is 22.7. The molecule has 1 amide bonds. The summed E-state index contributed by atoms with van der Waals surface area (Å²) >= 11 is 4.56. The van der Waals surface area contributed by atoms with Gasteiger partial charge in [-0.3, -0.25) is 4.79 Å². The van der Waals surface area contributed by atoms with E-state index in [1.165, 1.54) is 24.0 Å². The number of hydrogen-bond acceptors (Lipinski definition) is 8. The first-order valence-electron chi connectivity index (χ1n) is 9.79. The summed E-state index contributed by atoms with van der Waals surface area (Å²) in [4.78, 5) is 12.2. The Bertz CT molecular complexity index is 1330. The lowest BCUT2D eigenvalue weighted by atomic mass is 10.2. The van der Waals surface area contributed by atoms with Crippen LogP contribution >= 0.6 is 27.7 Å². The molecule has 2 heterocycles. The van der Waals surface area contributed by atoms with E-state index in [9.17, 15) is 9.90 Å². The molecule has 0 aliphatic carbocycles. The molecule has 0 unspecified atom stereocenters. The van der Waals surface area contributed by atoms with Crippen LogP contribution in [0, 0.1) is 0 Å². The predicted octanol–water partition coefficient (Wildman–Crippen LogP) is 2.97. The van der Waals surface area contributed by atoms with Gasteiger partial charge in [-0.1, -0.05) is 51.1 Å². The summed E-state index contributed by atoms with van der Waals surface area (Å²) < 4.78 is 4.43. The molecule has 0 spiro atoms. The highest BCUT2D eigenvalue weighted by Gasteiger charge is 2.15. The van der Waals surface area contributed by atoms with Crippen molar-refractivity contribution in [1.29, 1.82) is 0 Å². The summed E-state index contributed by atoms with van der Waals surface area (Å²) in [6.45, 7) is 4.67. The van der Waals surface area contributed by atoms with Crippen molar-refractivity contribution in [3.8, 4) is 5.75 Å². The SMILES string of the molecule is C=CCn1c(Cn2nnc3ccccc32)nnc1SCC(=O)N/N=C/c1cc(Br)ccc1O. The second kappa shape index (κ2) is 10.4. The van der Waals surface area contributed by atoms with Gasteiger partial charge in [0.2, 0.25) is 0 Å². The number of hydrogen-bond donors (Lipinski definition) is 2. The summed E-state index contributed by atoms with van der Waals surface area (Å²) in [6, 6.07) is 12.6. The molecule has 0 bridgehead atoms. The lowest BCUT2D eigenvalue weighted by Gasteiger charge is -2.07. The minimum atomic E-state index is -0.317. The minimum absolute atomic E-state index is 0.0655. The number of fused-ring (bicyclic) bond motifs is 1. The van der Waals surface area contributed by atoms with E-state index >= 15 is 0 Å². The van der Waals surface area contributed by atoms with Crippen molar-refractivity contribution < 1.29 is 9.90 Å². The second-order valence-corrected chi connectivity index (χ2v) is 8.68. The molecule has 0 aliphatic rings. The maximum absolute atomic E-state index is 12.2. The molecule has 0 fully saturated rings. The van der Waals surface area contributed by atoms with Gasteiger partial charge in [0.05, 0.1) is 17.5 Å². The summed E-state index contributed by atoms with van der Waals surface area (Å²) in [7, 11) is 0. The number of carbonyl (C=O) groups excluding carboxylic acids is 1. The number of thioether (sulfide) groups is 1. The van der Waals surface area contributed by atoms with Crippen LogP contribution in [0.2, 0.25) is 0 Å². The van der Waals surface area contributed by atoms with Crippen LogP contribution in [0.5, 0.6) is 5.75 Å². The molecule has 12 heteroatoms. The van der Waals surface area contributed by atoms with Crippen LogP contribution in [0.25, 0.3) is 11.0 Å². The normalized spacial score (nSPS) is 11.3. The lowest BCUT2D eigenvalue weighted by molar-refractivity contribution is -0.118. The van der Waals surface area contributed by atoms with Crippen molar-refractivity contribution >= 4 is 50.8 Å². The molecule has 0 atom stereocenters. The van der Waals surface area contributed by atoms with Gasteiger partial charge in [-0.2, -0.15) is 5.10 Å². The van der Waals surface area contributed by atoms with Crippen molar-refractivity contribution in [2.24, 2.45) is 5.10 Å². The van der Waals surface area contributed by atoms with Crippen molar-refractivity contribution in [1.82, 2.24) is 35.2 Å². The van der Waals surface area contributed by atoms with Gasteiger partial charge >= 0.3 is 0 Å². The number of benzene rings is 2. The van der Waals surface area contributed by atoms with Crippen LogP contribution < -0.4 is 5.43 Å². The fraction of sp³-hybridized carbons (Fsp3) is 0.143. The molecule has 168 valence electrons. The number of carbonyl (C=O) groups is 1. The van der Waals surface area contributed by atoms with Gasteiger partial charge in [0, 0.05) is 16.6 Å². The van der Waals surface area contributed by atoms with Crippen LogP contribution in [-0.4, -0.2) is 52.7 Å². The van der Waals surface area contributed by atoms with Gasteiger partial charge in [0.15, 0.2) is 11.0 Å². The van der Waals surface area contributed by atoms with Crippen molar-refractivity contribution in [3.63, 3.8) is 0 Å². The number of rotatable bonds is 9. The summed E-state index contributed by atoms with van der Waals surface area (Å²) in [6.07, 6.45) is 3.12. The molecule has 2 aromatic heterocycles. The van der Waals surface area contributed by atoms with E-state index in [0.29, 0.717) is 29.6 Å². The number of phenols is 1. The average molecular weight is 527 g/mol. The highest BCUT2D eigenvalue weighted by atomic mass is 79.9. The number of allylic oxidation sites excluding steroid dienone is 1. The molecule has 10 nitrogen and oxygen atoms in total. The van der Waals surface area contributed by atoms with E-state index in [0.717, 1.165) is 15.5 Å². The Morgan fingerprint density at radius 2 is 2.09 bits per heavy atom. The number of phenolic OH excluding ortho intramolecular Hbond substituents is 1. The summed E-state index contributed by atoms with van der Waals surface area (Å²) in [5.74, 6) is 0.513. The third kappa shape index (κ3) is 5.46. The van der Waals surface area contributed by atoms with E-state index in [1.807, 2.05) is 28.8 Å². The predicted molar refractivity (Wildman–Crippen MR) is 129 cm³/mol. The van der Waals surface area contributed by atoms with E-state index in [1.54, 1.807) is 22.9 Å². The summed E-state index contributed by atoms with van der Waals surface area (Å²) in [5.41, 5.74) is 4.62. The molecule has 4 aromatic rings. The zero-order valence-corrected chi connectivity index (χ0v) is 19.7. The first-order valence-corrected chi connectivity index (χ1v) is 11.6. The van der Waals surface area contributed by atoms with Gasteiger partial charge in [-0.25, -0.2) is 10.1 Å². The second-order valence-electron chi connectivity index (χ2n) is 6.82. The fourth-order valence-corrected chi connectivity index (χ4v) is 4.13. The van der Waals surface area contributed by atoms with E-state index in [4.69, 9.17) is 0 Å². The standard InChI is InChI=1S/C21H19BrN8O2S/c1-2-9-29-19(12-30-17-6-4-3-5-16(17)24-28-30)25-27-21(29)33-13-20(32)26-23-11-14-10-15(22)7-8-18(14)31/h2-8,10-11,31H,1,9,12-13H2,(H,26,32)/b23-11+. The van der Waals surface area contributed by atoms with E-state index in [-0.39, 0.29) is 17.4 Å². The smallest absolute Gasteiger partial charge is 0.250 e. The van der Waals surface area contributed by atoms with Crippen molar-refractivity contribution in [2.45, 2.75) is 18.2 Å². The molecule has 2 N–H and O–H groups in total. The Morgan fingerprint density at radius 3 is 2.94 bits per heavy atom. The molecule has 0 saturated heterocycles. The maximum atomic E-state index is 12.2. The number of halogens is 1. The Morgan fingerprint density at radius 1 is 1.24 bits per heavy atom. The molecule has 33 heavy (non-hydrogen) atoms. The molecule has 0 saturated carbocycles. The topological polar surface area (TPSA) is 123 Å². The van der Waals surface area contributed by atoms with Crippen LogP contribution in [0.3, 0.4) is 0 Å². The number of aromatic nitrogens is 6. The highest BCUT2D eigenvalue weighted by molar-refractivity contribution is 9.10. The van der Waals surface area contributed by atoms with Gasteiger partial charge in [0.1, 0.15) is 17.8 Å². The van der Waals surface area contributed by atoms with Crippen LogP contribution in [0.4, 0.5) is 0 Å². The van der Waals surface area contributed by atoms with E-state index in [2.05, 4.69) is 53.5 Å².